The summed E-state index contributed by atoms with van der Waals surface area (Å²) in [7, 11) is 1.34. The van der Waals surface area contributed by atoms with Crippen LogP contribution in [0, 0.1) is 11.8 Å². The minimum atomic E-state index is -0.956. The monoisotopic (exact) mass is 405 g/mol. The molecule has 0 radical (unpaired) electrons. The summed E-state index contributed by atoms with van der Waals surface area (Å²) >= 11 is 1.43. The van der Waals surface area contributed by atoms with E-state index in [1.807, 2.05) is 13.8 Å². The maximum Gasteiger partial charge on any atom is 0.341 e. The lowest BCUT2D eigenvalue weighted by Gasteiger charge is -2.29. The second-order valence-electron chi connectivity index (χ2n) is 7.77. The summed E-state index contributed by atoms with van der Waals surface area (Å²) < 4.78 is 4.97. The second-order valence-corrected chi connectivity index (χ2v) is 8.87. The van der Waals surface area contributed by atoms with Gasteiger partial charge in [-0.15, -0.1) is 11.3 Å². The molecule has 2 atom stereocenters. The van der Waals surface area contributed by atoms with Gasteiger partial charge in [-0.3, -0.25) is 9.59 Å². The van der Waals surface area contributed by atoms with Gasteiger partial charge in [0.05, 0.1) is 24.5 Å². The molecule has 0 aliphatic heterocycles. The SMILES string of the molecule is COC(=O)c1c(NC(=O)C2CC(C)=C(C)CC2C(=O)O)sc2c1CCCCC2. The minimum absolute atomic E-state index is 0.333. The summed E-state index contributed by atoms with van der Waals surface area (Å²) in [5.41, 5.74) is 3.53. The molecule has 3 rings (SSSR count). The van der Waals surface area contributed by atoms with Gasteiger partial charge in [-0.25, -0.2) is 4.79 Å². The van der Waals surface area contributed by atoms with Gasteiger partial charge in [0.25, 0.3) is 0 Å². The molecular formula is C21H27NO5S. The first-order valence-corrected chi connectivity index (χ1v) is 10.6. The van der Waals surface area contributed by atoms with Crippen molar-refractivity contribution in [2.45, 2.75) is 58.8 Å². The number of hydrogen-bond donors (Lipinski definition) is 2. The predicted octanol–water partition coefficient (Wildman–Crippen LogP) is 4.19. The average Bonchev–Trinajstić information content (AvgIpc) is 2.83. The highest BCUT2D eigenvalue weighted by Gasteiger charge is 2.38. The van der Waals surface area contributed by atoms with Crippen molar-refractivity contribution in [2.75, 3.05) is 12.4 Å². The van der Waals surface area contributed by atoms with Crippen LogP contribution in [0.4, 0.5) is 5.00 Å². The normalized spacial score (nSPS) is 22.2. The van der Waals surface area contributed by atoms with Crippen LogP contribution in [0.3, 0.4) is 0 Å². The van der Waals surface area contributed by atoms with Gasteiger partial charge in [0.1, 0.15) is 5.00 Å². The molecule has 0 aromatic carbocycles. The number of hydrogen-bond acceptors (Lipinski definition) is 5. The summed E-state index contributed by atoms with van der Waals surface area (Å²) in [6.07, 6.45) is 5.69. The summed E-state index contributed by atoms with van der Waals surface area (Å²) in [5, 5.41) is 13.0. The molecule has 1 heterocycles. The predicted molar refractivity (Wildman–Crippen MR) is 108 cm³/mol. The Labute approximate surface area is 169 Å². The van der Waals surface area contributed by atoms with Gasteiger partial charge in [0.15, 0.2) is 0 Å². The highest BCUT2D eigenvalue weighted by molar-refractivity contribution is 7.17. The number of nitrogens with one attached hydrogen (secondary N) is 1. The molecule has 0 saturated heterocycles. The lowest BCUT2D eigenvalue weighted by Crippen LogP contribution is -2.36. The first kappa shape index (κ1) is 20.6. The van der Waals surface area contributed by atoms with Crippen molar-refractivity contribution in [3.05, 3.63) is 27.2 Å². The van der Waals surface area contributed by atoms with E-state index in [2.05, 4.69) is 5.32 Å². The van der Waals surface area contributed by atoms with Crippen molar-refractivity contribution in [1.82, 2.24) is 0 Å². The van der Waals surface area contributed by atoms with Crippen molar-refractivity contribution in [1.29, 1.82) is 0 Å². The summed E-state index contributed by atoms with van der Waals surface area (Å²) in [5.74, 6) is -3.13. The average molecular weight is 406 g/mol. The molecule has 0 fully saturated rings. The van der Waals surface area contributed by atoms with E-state index in [1.54, 1.807) is 0 Å². The maximum absolute atomic E-state index is 13.0. The van der Waals surface area contributed by atoms with E-state index in [0.29, 0.717) is 23.4 Å². The number of thiophene rings is 1. The third-order valence-corrected chi connectivity index (χ3v) is 7.18. The number of rotatable bonds is 4. The fourth-order valence-corrected chi connectivity index (χ4v) is 5.46. The third-order valence-electron chi connectivity index (χ3n) is 5.97. The summed E-state index contributed by atoms with van der Waals surface area (Å²) in [6.45, 7) is 3.87. The molecule has 0 spiro atoms. The molecule has 0 bridgehead atoms. The lowest BCUT2D eigenvalue weighted by molar-refractivity contribution is -0.146. The van der Waals surface area contributed by atoms with Crippen molar-refractivity contribution in [3.8, 4) is 0 Å². The zero-order valence-electron chi connectivity index (χ0n) is 16.6. The Morgan fingerprint density at radius 1 is 1.04 bits per heavy atom. The van der Waals surface area contributed by atoms with E-state index in [-0.39, 0.29) is 5.91 Å². The van der Waals surface area contributed by atoms with Crippen LogP contribution < -0.4 is 5.32 Å². The smallest absolute Gasteiger partial charge is 0.341 e. The third kappa shape index (κ3) is 3.99. The van der Waals surface area contributed by atoms with Gasteiger partial charge in [0.2, 0.25) is 5.91 Å². The Kier molecular flexibility index (Phi) is 6.23. The van der Waals surface area contributed by atoms with Crippen LogP contribution in [0.25, 0.3) is 0 Å². The number of fused-ring (bicyclic) bond motifs is 1. The molecule has 1 aromatic rings. The number of allylic oxidation sites excluding steroid dienone is 2. The van der Waals surface area contributed by atoms with Crippen LogP contribution >= 0.6 is 11.3 Å². The van der Waals surface area contributed by atoms with E-state index in [0.717, 1.165) is 53.7 Å². The second kappa shape index (κ2) is 8.47. The first-order valence-electron chi connectivity index (χ1n) is 9.75. The Morgan fingerprint density at radius 3 is 2.32 bits per heavy atom. The van der Waals surface area contributed by atoms with Gasteiger partial charge >= 0.3 is 11.9 Å². The van der Waals surface area contributed by atoms with Gasteiger partial charge in [-0.05, 0) is 57.9 Å². The number of aryl methyl sites for hydroxylation is 1. The van der Waals surface area contributed by atoms with Gasteiger partial charge in [0, 0.05) is 4.88 Å². The molecule has 152 valence electrons. The maximum atomic E-state index is 13.0. The molecule has 28 heavy (non-hydrogen) atoms. The summed E-state index contributed by atoms with van der Waals surface area (Å²) in [6, 6.07) is 0. The zero-order valence-corrected chi connectivity index (χ0v) is 17.4. The minimum Gasteiger partial charge on any atom is -0.481 e. The number of anilines is 1. The molecule has 6 nitrogen and oxygen atoms in total. The van der Waals surface area contributed by atoms with Gasteiger partial charge in [-0.1, -0.05) is 17.6 Å². The number of carbonyl (C=O) groups is 3. The number of aliphatic carboxylic acids is 1. The van der Waals surface area contributed by atoms with Crippen molar-refractivity contribution >= 4 is 34.2 Å². The van der Waals surface area contributed by atoms with E-state index in [1.165, 1.54) is 18.4 Å². The number of ether oxygens (including phenoxy) is 1. The number of amides is 1. The standard InChI is InChI=1S/C21H27NO5S/c1-11-9-14(15(20(24)25)10-12(11)2)18(23)22-19-17(21(26)27-3)13-7-5-4-6-8-16(13)28-19/h14-15H,4-10H2,1-3H3,(H,22,23)(H,24,25). The van der Waals surface area contributed by atoms with Crippen LogP contribution in [0.15, 0.2) is 11.1 Å². The zero-order chi connectivity index (χ0) is 20.4. The van der Waals surface area contributed by atoms with E-state index in [4.69, 9.17) is 4.74 Å². The van der Waals surface area contributed by atoms with Crippen LogP contribution in [-0.2, 0) is 27.2 Å². The Hall–Kier alpha value is -2.15. The molecule has 2 aliphatic rings. The quantitative estimate of drug-likeness (QED) is 0.445. The number of carboxylic acids is 1. The van der Waals surface area contributed by atoms with Crippen LogP contribution in [0.2, 0.25) is 0 Å². The molecule has 0 saturated carbocycles. The fraction of sp³-hybridized carbons (Fsp3) is 0.571. The molecule has 7 heteroatoms. The van der Waals surface area contributed by atoms with Crippen molar-refractivity contribution in [3.63, 3.8) is 0 Å². The van der Waals surface area contributed by atoms with E-state index >= 15 is 0 Å². The van der Waals surface area contributed by atoms with Crippen molar-refractivity contribution in [2.24, 2.45) is 11.8 Å². The Morgan fingerprint density at radius 2 is 1.68 bits per heavy atom. The molecular weight excluding hydrogens is 378 g/mol. The van der Waals surface area contributed by atoms with Crippen LogP contribution in [-0.4, -0.2) is 30.1 Å². The number of carboxylic acid groups (broad SMARTS) is 1. The highest BCUT2D eigenvalue weighted by Crippen LogP contribution is 2.40. The van der Waals surface area contributed by atoms with Gasteiger partial charge < -0.3 is 15.2 Å². The molecule has 2 aliphatic carbocycles. The molecule has 1 amide bonds. The first-order chi connectivity index (χ1) is 13.3. The topological polar surface area (TPSA) is 92.7 Å². The molecule has 2 N–H and O–H groups in total. The Bertz CT molecular complexity index is 838. The number of carbonyl (C=O) groups excluding carboxylic acids is 2. The number of esters is 1. The van der Waals surface area contributed by atoms with Crippen molar-refractivity contribution < 1.29 is 24.2 Å². The van der Waals surface area contributed by atoms with Gasteiger partial charge in [-0.2, -0.15) is 0 Å². The largest absolute Gasteiger partial charge is 0.481 e. The molecule has 2 unspecified atom stereocenters. The van der Waals surface area contributed by atoms with E-state index < -0.39 is 23.8 Å². The lowest BCUT2D eigenvalue weighted by atomic mass is 9.76. The van der Waals surface area contributed by atoms with E-state index in [9.17, 15) is 19.5 Å². The fourth-order valence-electron chi connectivity index (χ4n) is 4.18. The molecule has 1 aromatic heterocycles. The van der Waals surface area contributed by atoms with Crippen LogP contribution in [0.1, 0.15) is 66.8 Å². The Balaban J connectivity index is 1.91. The number of methoxy groups -OCH3 is 1. The summed E-state index contributed by atoms with van der Waals surface area (Å²) in [4.78, 5) is 38.3. The van der Waals surface area contributed by atoms with Crippen LogP contribution in [0.5, 0.6) is 0 Å². The highest BCUT2D eigenvalue weighted by atomic mass is 32.1.